The van der Waals surface area contributed by atoms with Gasteiger partial charge >= 0.3 is 5.69 Å². The third kappa shape index (κ3) is 5.59. The molecule has 0 unspecified atom stereocenters. The number of ether oxygens (including phenoxy) is 4. The number of carbonyl (C=O) groups is 1. The van der Waals surface area contributed by atoms with Gasteiger partial charge in [0.15, 0.2) is 12.0 Å². The SMILES string of the molecule is CCN1CCCN(CC)[C@@H]([C@@H](O)[C@H]2O[C@@H](n3ccc(=O)n(Cc4ccc(OC)cc4)c3=O)[C@@H]3OC(C)(C)O[C@H]23)C1=O. The van der Waals surface area contributed by atoms with Gasteiger partial charge in [0, 0.05) is 31.9 Å². The highest BCUT2D eigenvalue weighted by molar-refractivity contribution is 5.83. The number of nitrogens with zero attached hydrogens (tertiary/aromatic N) is 4. The molecule has 1 N–H and O–H groups in total. The predicted octanol–water partition coefficient (Wildman–Crippen LogP) is 0.788. The molecule has 0 aliphatic carbocycles. The van der Waals surface area contributed by atoms with Gasteiger partial charge in [0.25, 0.3) is 5.56 Å². The van der Waals surface area contributed by atoms with Crippen molar-refractivity contribution in [1.29, 1.82) is 0 Å². The lowest BCUT2D eigenvalue weighted by Crippen LogP contribution is -2.58. The molecule has 0 radical (unpaired) electrons. The van der Waals surface area contributed by atoms with E-state index in [1.54, 1.807) is 50.1 Å². The zero-order chi connectivity index (χ0) is 29.5. The largest absolute Gasteiger partial charge is 0.497 e. The van der Waals surface area contributed by atoms with Crippen LogP contribution in [-0.4, -0.2) is 99.5 Å². The van der Waals surface area contributed by atoms with Crippen LogP contribution in [0.25, 0.3) is 0 Å². The van der Waals surface area contributed by atoms with Gasteiger partial charge in [-0.2, -0.15) is 0 Å². The maximum atomic E-state index is 13.7. The van der Waals surface area contributed by atoms with E-state index in [2.05, 4.69) is 0 Å². The van der Waals surface area contributed by atoms with Gasteiger partial charge in [-0.1, -0.05) is 19.1 Å². The zero-order valence-corrected chi connectivity index (χ0v) is 24.3. The van der Waals surface area contributed by atoms with E-state index in [4.69, 9.17) is 18.9 Å². The van der Waals surface area contributed by atoms with Crippen LogP contribution in [0.5, 0.6) is 5.75 Å². The zero-order valence-electron chi connectivity index (χ0n) is 24.3. The fourth-order valence-corrected chi connectivity index (χ4v) is 6.16. The Morgan fingerprint density at radius 2 is 1.73 bits per heavy atom. The summed E-state index contributed by atoms with van der Waals surface area (Å²) in [6.07, 6.45) is -2.51. The molecule has 1 aromatic heterocycles. The summed E-state index contributed by atoms with van der Waals surface area (Å²) in [5, 5.41) is 11.8. The lowest BCUT2D eigenvalue weighted by molar-refractivity contribution is -0.212. The molecule has 3 saturated heterocycles. The molecule has 0 bridgehead atoms. The number of likely N-dealkylation sites (N-methyl/N-ethyl adjacent to an activating group) is 2. The number of aromatic nitrogens is 2. The summed E-state index contributed by atoms with van der Waals surface area (Å²) in [7, 11) is 1.57. The standard InChI is InChI=1S/C29H40N4O8/c1-6-30-14-8-15-31(7-2)26(36)21(30)22(35)23-24-25(41-29(3,4)40-24)27(39-23)32-16-13-20(34)33(28(32)37)17-18-9-11-19(38-5)12-10-18/h9-13,16,21-25,27,35H,6-8,14-15,17H2,1-5H3/t21-,22+,23+,24+,25+,27+/m0/s1. The van der Waals surface area contributed by atoms with Crippen LogP contribution >= 0.6 is 0 Å². The minimum Gasteiger partial charge on any atom is -0.497 e. The molecule has 3 fully saturated rings. The number of aliphatic hydroxyl groups is 1. The number of fused-ring (bicyclic) bond motifs is 1. The van der Waals surface area contributed by atoms with Crippen molar-refractivity contribution >= 4 is 5.91 Å². The van der Waals surface area contributed by atoms with Gasteiger partial charge in [0.2, 0.25) is 5.91 Å². The highest BCUT2D eigenvalue weighted by Crippen LogP contribution is 2.44. The maximum Gasteiger partial charge on any atom is 0.333 e. The second-order valence-electron chi connectivity index (χ2n) is 11.2. The Balaban J connectivity index is 1.48. The number of benzene rings is 1. The van der Waals surface area contributed by atoms with E-state index in [9.17, 15) is 19.5 Å². The molecule has 5 rings (SSSR count). The Bertz CT molecular complexity index is 1360. The molecule has 1 aromatic carbocycles. The molecule has 6 atom stereocenters. The molecule has 4 heterocycles. The second kappa shape index (κ2) is 11.7. The quantitative estimate of drug-likeness (QED) is 0.489. The number of rotatable bonds is 8. The van der Waals surface area contributed by atoms with Gasteiger partial charge in [-0.25, -0.2) is 4.79 Å². The Hall–Kier alpha value is -3.03. The molecular formula is C29H40N4O8. The summed E-state index contributed by atoms with van der Waals surface area (Å²) in [4.78, 5) is 43.8. The van der Waals surface area contributed by atoms with Gasteiger partial charge in [0.05, 0.1) is 13.7 Å². The maximum absolute atomic E-state index is 13.7. The molecule has 224 valence electrons. The predicted molar refractivity (Wildman–Crippen MR) is 149 cm³/mol. The molecule has 2 aromatic rings. The molecule has 3 aliphatic rings. The van der Waals surface area contributed by atoms with E-state index in [0.29, 0.717) is 31.9 Å². The average molecular weight is 573 g/mol. The van der Waals surface area contributed by atoms with Gasteiger partial charge in [-0.3, -0.25) is 23.6 Å². The minimum atomic E-state index is -1.24. The van der Waals surface area contributed by atoms with Crippen molar-refractivity contribution in [2.24, 2.45) is 0 Å². The van der Waals surface area contributed by atoms with E-state index in [0.717, 1.165) is 16.6 Å². The Labute approximate surface area is 239 Å². The van der Waals surface area contributed by atoms with Crippen molar-refractivity contribution in [1.82, 2.24) is 18.9 Å². The number of hydrogen-bond donors (Lipinski definition) is 1. The highest BCUT2D eigenvalue weighted by atomic mass is 16.8. The van der Waals surface area contributed by atoms with Crippen LogP contribution in [0.3, 0.4) is 0 Å². The third-order valence-electron chi connectivity index (χ3n) is 8.21. The van der Waals surface area contributed by atoms with Crippen LogP contribution in [0.2, 0.25) is 0 Å². The van der Waals surface area contributed by atoms with Crippen LogP contribution in [0.1, 0.15) is 45.9 Å². The fraction of sp³-hybridized carbons (Fsp3) is 0.621. The van der Waals surface area contributed by atoms with E-state index in [-0.39, 0.29) is 12.5 Å². The van der Waals surface area contributed by atoms with E-state index < -0.39 is 53.7 Å². The van der Waals surface area contributed by atoms with Crippen LogP contribution in [0, 0.1) is 0 Å². The summed E-state index contributed by atoms with van der Waals surface area (Å²) >= 11 is 0. The Morgan fingerprint density at radius 1 is 1.02 bits per heavy atom. The van der Waals surface area contributed by atoms with Crippen LogP contribution in [0.15, 0.2) is 46.1 Å². The molecule has 0 spiro atoms. The third-order valence-corrected chi connectivity index (χ3v) is 8.21. The minimum absolute atomic E-state index is 0.0487. The smallest absolute Gasteiger partial charge is 0.333 e. The summed E-state index contributed by atoms with van der Waals surface area (Å²) in [6, 6.07) is 7.57. The lowest BCUT2D eigenvalue weighted by Gasteiger charge is -2.36. The number of amides is 1. The van der Waals surface area contributed by atoms with Gasteiger partial charge in [0.1, 0.15) is 36.2 Å². The number of carbonyl (C=O) groups excluding carboxylic acids is 1. The lowest BCUT2D eigenvalue weighted by atomic mass is 9.97. The molecule has 0 saturated carbocycles. The van der Waals surface area contributed by atoms with Crippen LogP contribution < -0.4 is 16.0 Å². The molecule has 3 aliphatic heterocycles. The van der Waals surface area contributed by atoms with E-state index >= 15 is 0 Å². The number of methoxy groups -OCH3 is 1. The van der Waals surface area contributed by atoms with Gasteiger partial charge in [-0.15, -0.1) is 0 Å². The monoisotopic (exact) mass is 572 g/mol. The molecule has 12 heteroatoms. The molecular weight excluding hydrogens is 532 g/mol. The van der Waals surface area contributed by atoms with Crippen LogP contribution in [0.4, 0.5) is 0 Å². The number of hydrogen-bond acceptors (Lipinski definition) is 9. The topological polar surface area (TPSA) is 125 Å². The Kier molecular flexibility index (Phi) is 8.40. The van der Waals surface area contributed by atoms with Crippen molar-refractivity contribution in [3.8, 4) is 5.75 Å². The molecule has 12 nitrogen and oxygen atoms in total. The summed E-state index contributed by atoms with van der Waals surface area (Å²) in [5.74, 6) is -0.506. The first kappa shape index (κ1) is 29.5. The summed E-state index contributed by atoms with van der Waals surface area (Å²) < 4.78 is 26.4. The van der Waals surface area contributed by atoms with Crippen molar-refractivity contribution in [3.05, 3.63) is 62.9 Å². The van der Waals surface area contributed by atoms with Crippen molar-refractivity contribution in [3.63, 3.8) is 0 Å². The first-order chi connectivity index (χ1) is 19.6. The van der Waals surface area contributed by atoms with Crippen molar-refractivity contribution in [2.75, 3.05) is 33.3 Å². The fourth-order valence-electron chi connectivity index (χ4n) is 6.16. The second-order valence-corrected chi connectivity index (χ2v) is 11.2. The number of aliphatic hydroxyl groups excluding tert-OH is 1. The highest BCUT2D eigenvalue weighted by Gasteiger charge is 2.60. The summed E-state index contributed by atoms with van der Waals surface area (Å²) in [5.41, 5.74) is -0.298. The molecule has 1 amide bonds. The average Bonchev–Trinajstić information content (AvgIpc) is 3.38. The molecule has 41 heavy (non-hydrogen) atoms. The normalized spacial score (nSPS) is 28.9. The van der Waals surface area contributed by atoms with E-state index in [1.807, 2.05) is 18.7 Å². The van der Waals surface area contributed by atoms with E-state index in [1.165, 1.54) is 16.8 Å². The van der Waals surface area contributed by atoms with Gasteiger partial charge in [-0.05, 0) is 51.4 Å². The van der Waals surface area contributed by atoms with Crippen molar-refractivity contribution < 1.29 is 28.8 Å². The first-order valence-electron chi connectivity index (χ1n) is 14.3. The van der Waals surface area contributed by atoms with Crippen LogP contribution in [-0.2, 0) is 25.5 Å². The summed E-state index contributed by atoms with van der Waals surface area (Å²) in [6.45, 7) is 9.83. The Morgan fingerprint density at radius 3 is 2.39 bits per heavy atom. The van der Waals surface area contributed by atoms with Crippen molar-refractivity contribution in [2.45, 2.75) is 83.1 Å². The van der Waals surface area contributed by atoms with Gasteiger partial charge < -0.3 is 29.0 Å². The first-order valence-corrected chi connectivity index (χ1v) is 14.3.